The highest BCUT2D eigenvalue weighted by Crippen LogP contribution is 2.39. The maximum absolute atomic E-state index is 6.18. The number of hydrogen-bond acceptors (Lipinski definition) is 3. The van der Waals surface area contributed by atoms with Crippen LogP contribution in [0.15, 0.2) is 43.0 Å². The fourth-order valence-corrected chi connectivity index (χ4v) is 3.98. The number of hydrogen-bond donors (Lipinski definition) is 2. The lowest BCUT2D eigenvalue weighted by molar-refractivity contribution is 0.251. The maximum Gasteiger partial charge on any atom is 0.0945 e. The van der Waals surface area contributed by atoms with Crippen LogP contribution in [0.25, 0.3) is 0 Å². The standard InChI is InChI=1S/C19H27ClN4.ClH/c20-17-4-1-3-16(13-17)19(14-21)7-5-18(6-8-19)23-9-2-11-24-12-10-22-15-24;/h1,3-4,10,12-13,15,18,23H,2,5-9,11,14,21H2;1H. The SMILES string of the molecule is Cl.NCC1(c2cccc(Cl)c2)CCC(NCCCn2ccnc2)CC1. The number of benzene rings is 1. The molecule has 0 aliphatic heterocycles. The van der Waals surface area contributed by atoms with Crippen molar-refractivity contribution in [2.24, 2.45) is 5.73 Å². The second kappa shape index (κ2) is 9.58. The van der Waals surface area contributed by atoms with Gasteiger partial charge in [-0.3, -0.25) is 0 Å². The molecule has 0 unspecified atom stereocenters. The summed E-state index contributed by atoms with van der Waals surface area (Å²) in [5.41, 5.74) is 7.57. The lowest BCUT2D eigenvalue weighted by atomic mass is 9.68. The molecule has 4 nitrogen and oxygen atoms in total. The number of halogens is 2. The number of aromatic nitrogens is 2. The summed E-state index contributed by atoms with van der Waals surface area (Å²) in [5.74, 6) is 0. The molecule has 1 aromatic carbocycles. The molecule has 0 spiro atoms. The molecule has 138 valence electrons. The van der Waals surface area contributed by atoms with Gasteiger partial charge in [-0.15, -0.1) is 12.4 Å². The van der Waals surface area contributed by atoms with Gasteiger partial charge in [0.15, 0.2) is 0 Å². The van der Waals surface area contributed by atoms with Crippen LogP contribution in [0.2, 0.25) is 5.02 Å². The van der Waals surface area contributed by atoms with Gasteiger partial charge in [-0.2, -0.15) is 0 Å². The van der Waals surface area contributed by atoms with Gasteiger partial charge in [-0.25, -0.2) is 4.98 Å². The Morgan fingerprint density at radius 2 is 2.12 bits per heavy atom. The number of nitrogens with one attached hydrogen (secondary N) is 1. The molecule has 2 aromatic rings. The number of nitrogens with two attached hydrogens (primary N) is 1. The van der Waals surface area contributed by atoms with E-state index in [1.807, 2.05) is 30.9 Å². The number of nitrogens with zero attached hydrogens (tertiary/aromatic N) is 2. The second-order valence-corrected chi connectivity index (χ2v) is 7.31. The van der Waals surface area contributed by atoms with Gasteiger partial charge in [0.2, 0.25) is 0 Å². The maximum atomic E-state index is 6.18. The van der Waals surface area contributed by atoms with Crippen molar-refractivity contribution < 1.29 is 0 Å². The number of imidazole rings is 1. The van der Waals surface area contributed by atoms with Gasteiger partial charge in [0.05, 0.1) is 6.33 Å². The first-order valence-electron chi connectivity index (χ1n) is 8.87. The summed E-state index contributed by atoms with van der Waals surface area (Å²) in [6.07, 6.45) is 11.5. The minimum atomic E-state index is 0. The summed E-state index contributed by atoms with van der Waals surface area (Å²) >= 11 is 6.18. The molecule has 0 atom stereocenters. The van der Waals surface area contributed by atoms with Crippen LogP contribution in [-0.2, 0) is 12.0 Å². The largest absolute Gasteiger partial charge is 0.337 e. The molecule has 0 amide bonds. The predicted octanol–water partition coefficient (Wildman–Crippen LogP) is 3.78. The van der Waals surface area contributed by atoms with Crippen molar-refractivity contribution in [3.8, 4) is 0 Å². The second-order valence-electron chi connectivity index (χ2n) is 6.88. The average Bonchev–Trinajstić information content (AvgIpc) is 3.13. The molecule has 1 saturated carbocycles. The van der Waals surface area contributed by atoms with Crippen molar-refractivity contribution in [3.63, 3.8) is 0 Å². The molecule has 1 heterocycles. The third-order valence-corrected chi connectivity index (χ3v) is 5.59. The Bertz CT molecular complexity index is 622. The summed E-state index contributed by atoms with van der Waals surface area (Å²) in [7, 11) is 0. The molecule has 1 fully saturated rings. The summed E-state index contributed by atoms with van der Waals surface area (Å²) in [6, 6.07) is 8.84. The van der Waals surface area contributed by atoms with Crippen LogP contribution in [-0.4, -0.2) is 28.7 Å². The van der Waals surface area contributed by atoms with Gasteiger partial charge in [-0.1, -0.05) is 23.7 Å². The zero-order valence-electron chi connectivity index (χ0n) is 14.5. The summed E-state index contributed by atoms with van der Waals surface area (Å²) in [5, 5.41) is 4.51. The quantitative estimate of drug-likeness (QED) is 0.716. The summed E-state index contributed by atoms with van der Waals surface area (Å²) < 4.78 is 2.13. The fourth-order valence-electron chi connectivity index (χ4n) is 3.79. The Balaban J connectivity index is 0.00000225. The molecular weight excluding hydrogens is 355 g/mol. The van der Waals surface area contributed by atoms with E-state index in [-0.39, 0.29) is 17.8 Å². The van der Waals surface area contributed by atoms with Crippen molar-refractivity contribution in [3.05, 3.63) is 53.6 Å². The number of aryl methyl sites for hydroxylation is 1. The van der Waals surface area contributed by atoms with Crippen LogP contribution in [0.1, 0.15) is 37.7 Å². The highest BCUT2D eigenvalue weighted by atomic mass is 35.5. The van der Waals surface area contributed by atoms with Gasteiger partial charge in [0.25, 0.3) is 0 Å². The fraction of sp³-hybridized carbons (Fsp3) is 0.526. The molecule has 3 N–H and O–H groups in total. The Morgan fingerprint density at radius 3 is 2.76 bits per heavy atom. The molecular formula is C19H28Cl2N4. The van der Waals surface area contributed by atoms with E-state index in [0.717, 1.165) is 37.4 Å². The van der Waals surface area contributed by atoms with Crippen molar-refractivity contribution >= 4 is 24.0 Å². The molecule has 25 heavy (non-hydrogen) atoms. The Hall–Kier alpha value is -1.07. The zero-order valence-corrected chi connectivity index (χ0v) is 16.1. The minimum Gasteiger partial charge on any atom is -0.337 e. The first kappa shape index (κ1) is 20.2. The molecule has 1 aromatic heterocycles. The lowest BCUT2D eigenvalue weighted by Gasteiger charge is -2.40. The normalized spacial score (nSPS) is 23.2. The van der Waals surface area contributed by atoms with Crippen LogP contribution in [0.4, 0.5) is 0 Å². The van der Waals surface area contributed by atoms with Crippen molar-refractivity contribution in [2.75, 3.05) is 13.1 Å². The first-order chi connectivity index (χ1) is 11.7. The molecule has 0 radical (unpaired) electrons. The Labute approximate surface area is 161 Å². The Kier molecular flexibility index (Phi) is 7.76. The van der Waals surface area contributed by atoms with Crippen molar-refractivity contribution in [2.45, 2.75) is 50.1 Å². The molecule has 0 saturated heterocycles. The molecule has 1 aliphatic carbocycles. The van der Waals surface area contributed by atoms with E-state index in [1.165, 1.54) is 18.4 Å². The predicted molar refractivity (Wildman–Crippen MR) is 107 cm³/mol. The highest BCUT2D eigenvalue weighted by molar-refractivity contribution is 6.30. The van der Waals surface area contributed by atoms with Gasteiger partial charge >= 0.3 is 0 Å². The molecule has 3 rings (SSSR count). The van der Waals surface area contributed by atoms with E-state index in [1.54, 1.807) is 0 Å². The average molecular weight is 383 g/mol. The molecule has 1 aliphatic rings. The van der Waals surface area contributed by atoms with Gasteiger partial charge in [-0.05, 0) is 56.3 Å². The van der Waals surface area contributed by atoms with Gasteiger partial charge in [0.1, 0.15) is 0 Å². The third kappa shape index (κ3) is 5.20. The minimum absolute atomic E-state index is 0. The summed E-state index contributed by atoms with van der Waals surface area (Å²) in [4.78, 5) is 4.07. The van der Waals surface area contributed by atoms with Gasteiger partial charge < -0.3 is 15.6 Å². The molecule has 0 bridgehead atoms. The van der Waals surface area contributed by atoms with E-state index in [4.69, 9.17) is 17.3 Å². The number of rotatable bonds is 7. The van der Waals surface area contributed by atoms with E-state index in [0.29, 0.717) is 12.6 Å². The summed E-state index contributed by atoms with van der Waals surface area (Å²) in [6.45, 7) is 2.77. The van der Waals surface area contributed by atoms with E-state index in [9.17, 15) is 0 Å². The van der Waals surface area contributed by atoms with Crippen LogP contribution in [0, 0.1) is 0 Å². The Morgan fingerprint density at radius 1 is 1.32 bits per heavy atom. The monoisotopic (exact) mass is 382 g/mol. The zero-order chi connectivity index (χ0) is 16.8. The van der Waals surface area contributed by atoms with Crippen molar-refractivity contribution in [1.82, 2.24) is 14.9 Å². The van der Waals surface area contributed by atoms with Gasteiger partial charge in [0, 0.05) is 42.0 Å². The van der Waals surface area contributed by atoms with Crippen LogP contribution < -0.4 is 11.1 Å². The van der Waals surface area contributed by atoms with Crippen LogP contribution in [0.3, 0.4) is 0 Å². The smallest absolute Gasteiger partial charge is 0.0945 e. The van der Waals surface area contributed by atoms with E-state index >= 15 is 0 Å². The van der Waals surface area contributed by atoms with Crippen LogP contribution in [0.5, 0.6) is 0 Å². The molecule has 6 heteroatoms. The highest BCUT2D eigenvalue weighted by Gasteiger charge is 2.35. The third-order valence-electron chi connectivity index (χ3n) is 5.36. The van der Waals surface area contributed by atoms with E-state index < -0.39 is 0 Å². The lowest BCUT2D eigenvalue weighted by Crippen LogP contribution is -2.44. The van der Waals surface area contributed by atoms with E-state index in [2.05, 4.69) is 27.0 Å². The van der Waals surface area contributed by atoms with Crippen molar-refractivity contribution in [1.29, 1.82) is 0 Å². The first-order valence-corrected chi connectivity index (χ1v) is 9.25. The van der Waals surface area contributed by atoms with Crippen LogP contribution >= 0.6 is 24.0 Å². The topological polar surface area (TPSA) is 55.9 Å².